The van der Waals surface area contributed by atoms with Crippen LogP contribution in [-0.2, 0) is 6.42 Å². The molecule has 1 N–H and O–H groups in total. The van der Waals surface area contributed by atoms with Gasteiger partial charge in [-0.25, -0.2) is 8.78 Å². The maximum Gasteiger partial charge on any atom is 0.162 e. The fourth-order valence-electron chi connectivity index (χ4n) is 2.80. The number of hydrogen-bond donors (Lipinski definition) is 1. The summed E-state index contributed by atoms with van der Waals surface area (Å²) in [7, 11) is 0. The van der Waals surface area contributed by atoms with Crippen molar-refractivity contribution >= 4 is 0 Å². The maximum absolute atomic E-state index is 13.8. The average Bonchev–Trinajstić information content (AvgIpc) is 3.20. The summed E-state index contributed by atoms with van der Waals surface area (Å²) in [6.45, 7) is 6.18. The second-order valence-electron chi connectivity index (χ2n) is 5.99. The van der Waals surface area contributed by atoms with Crippen molar-refractivity contribution in [3.05, 3.63) is 35.4 Å². The summed E-state index contributed by atoms with van der Waals surface area (Å²) in [5.41, 5.74) is 0.539. The highest BCUT2D eigenvalue weighted by Crippen LogP contribution is 2.47. The van der Waals surface area contributed by atoms with E-state index >= 15 is 0 Å². The molecule has 1 atom stereocenters. The Kier molecular flexibility index (Phi) is 4.56. The van der Waals surface area contributed by atoms with Crippen LogP contribution in [0, 0.1) is 23.0 Å². The Morgan fingerprint density at radius 2 is 2.05 bits per heavy atom. The van der Waals surface area contributed by atoms with Crippen LogP contribution >= 0.6 is 0 Å². The molecule has 1 aromatic rings. The third-order valence-electron chi connectivity index (χ3n) is 4.14. The standard InChI is InChI=1S/C16H23F2N/c1-3-9-19-11-16(2,13-7-8-13)10-12-5-4-6-14(17)15(12)18/h4-6,13,19H,3,7-11H2,1-2H3. The Morgan fingerprint density at radius 3 is 2.68 bits per heavy atom. The number of nitrogens with one attached hydrogen (secondary N) is 1. The van der Waals surface area contributed by atoms with Gasteiger partial charge in [0.25, 0.3) is 0 Å². The van der Waals surface area contributed by atoms with Gasteiger partial charge in [0, 0.05) is 6.54 Å². The van der Waals surface area contributed by atoms with Crippen LogP contribution in [-0.4, -0.2) is 13.1 Å². The van der Waals surface area contributed by atoms with Crippen LogP contribution in [0.1, 0.15) is 38.7 Å². The Bertz CT molecular complexity index is 429. The van der Waals surface area contributed by atoms with Gasteiger partial charge in [0.1, 0.15) is 0 Å². The van der Waals surface area contributed by atoms with Crippen molar-refractivity contribution in [1.29, 1.82) is 0 Å². The van der Waals surface area contributed by atoms with E-state index in [9.17, 15) is 8.78 Å². The molecule has 0 aliphatic heterocycles. The van der Waals surface area contributed by atoms with Crippen molar-refractivity contribution in [3.8, 4) is 0 Å². The lowest BCUT2D eigenvalue weighted by Crippen LogP contribution is -2.36. The highest BCUT2D eigenvalue weighted by atomic mass is 19.2. The molecular formula is C16H23F2N. The lowest BCUT2D eigenvalue weighted by molar-refractivity contribution is 0.252. The van der Waals surface area contributed by atoms with E-state index in [4.69, 9.17) is 0 Å². The van der Waals surface area contributed by atoms with Crippen LogP contribution in [0.3, 0.4) is 0 Å². The summed E-state index contributed by atoms with van der Waals surface area (Å²) in [5, 5.41) is 3.44. The van der Waals surface area contributed by atoms with Crippen molar-refractivity contribution in [2.45, 2.75) is 39.5 Å². The molecule has 1 aliphatic carbocycles. The SMILES string of the molecule is CCCNCC(C)(Cc1cccc(F)c1F)C1CC1. The predicted octanol–water partition coefficient (Wildman–Crippen LogP) is 3.92. The molecule has 0 saturated heterocycles. The molecule has 1 aromatic carbocycles. The fourth-order valence-corrected chi connectivity index (χ4v) is 2.80. The van der Waals surface area contributed by atoms with E-state index in [-0.39, 0.29) is 5.41 Å². The zero-order valence-electron chi connectivity index (χ0n) is 11.8. The van der Waals surface area contributed by atoms with Crippen molar-refractivity contribution in [2.24, 2.45) is 11.3 Å². The number of benzene rings is 1. The molecule has 0 amide bonds. The van der Waals surface area contributed by atoms with Crippen LogP contribution in [0.5, 0.6) is 0 Å². The van der Waals surface area contributed by atoms with Gasteiger partial charge >= 0.3 is 0 Å². The minimum atomic E-state index is -0.739. The van der Waals surface area contributed by atoms with Gasteiger partial charge in [-0.05, 0) is 55.2 Å². The van der Waals surface area contributed by atoms with Crippen LogP contribution in [0.4, 0.5) is 8.78 Å². The summed E-state index contributed by atoms with van der Waals surface area (Å²) in [4.78, 5) is 0. The second kappa shape index (κ2) is 6.00. The number of rotatable bonds is 7. The Morgan fingerprint density at radius 1 is 1.32 bits per heavy atom. The van der Waals surface area contributed by atoms with E-state index in [1.54, 1.807) is 12.1 Å². The van der Waals surface area contributed by atoms with Gasteiger partial charge in [-0.3, -0.25) is 0 Å². The first-order valence-electron chi connectivity index (χ1n) is 7.20. The third-order valence-corrected chi connectivity index (χ3v) is 4.14. The van der Waals surface area contributed by atoms with Crippen LogP contribution in [0.2, 0.25) is 0 Å². The van der Waals surface area contributed by atoms with Crippen LogP contribution in [0.25, 0.3) is 0 Å². The molecule has 2 rings (SSSR count). The maximum atomic E-state index is 13.8. The minimum Gasteiger partial charge on any atom is -0.316 e. The summed E-state index contributed by atoms with van der Waals surface area (Å²) in [6.07, 6.45) is 4.12. The smallest absolute Gasteiger partial charge is 0.162 e. The van der Waals surface area contributed by atoms with Gasteiger partial charge in [-0.15, -0.1) is 0 Å². The molecule has 1 aliphatic rings. The van der Waals surface area contributed by atoms with E-state index in [1.165, 1.54) is 18.9 Å². The number of halogens is 2. The predicted molar refractivity (Wildman–Crippen MR) is 74.1 cm³/mol. The van der Waals surface area contributed by atoms with Gasteiger partial charge in [-0.2, -0.15) is 0 Å². The molecule has 1 saturated carbocycles. The molecule has 106 valence electrons. The zero-order chi connectivity index (χ0) is 13.9. The van der Waals surface area contributed by atoms with Crippen molar-refractivity contribution in [3.63, 3.8) is 0 Å². The van der Waals surface area contributed by atoms with E-state index in [0.717, 1.165) is 19.5 Å². The van der Waals surface area contributed by atoms with Crippen molar-refractivity contribution < 1.29 is 8.78 Å². The first-order chi connectivity index (χ1) is 9.07. The first-order valence-corrected chi connectivity index (χ1v) is 7.20. The lowest BCUT2D eigenvalue weighted by atomic mass is 9.78. The molecule has 1 unspecified atom stereocenters. The molecule has 0 heterocycles. The van der Waals surface area contributed by atoms with Crippen LogP contribution < -0.4 is 5.32 Å². The summed E-state index contributed by atoms with van der Waals surface area (Å²) < 4.78 is 27.1. The van der Waals surface area contributed by atoms with Crippen LogP contribution in [0.15, 0.2) is 18.2 Å². The highest BCUT2D eigenvalue weighted by Gasteiger charge is 2.41. The quantitative estimate of drug-likeness (QED) is 0.738. The highest BCUT2D eigenvalue weighted by molar-refractivity contribution is 5.21. The molecule has 0 aromatic heterocycles. The van der Waals surface area contributed by atoms with E-state index in [1.807, 2.05) is 0 Å². The normalized spacial score (nSPS) is 18.3. The average molecular weight is 267 g/mol. The van der Waals surface area contributed by atoms with Crippen molar-refractivity contribution in [2.75, 3.05) is 13.1 Å². The van der Waals surface area contributed by atoms with E-state index < -0.39 is 11.6 Å². The Labute approximate surface area is 114 Å². The third kappa shape index (κ3) is 3.53. The molecule has 19 heavy (non-hydrogen) atoms. The Balaban J connectivity index is 2.09. The summed E-state index contributed by atoms with van der Waals surface area (Å²) >= 11 is 0. The van der Waals surface area contributed by atoms with E-state index in [0.29, 0.717) is 17.9 Å². The number of hydrogen-bond acceptors (Lipinski definition) is 1. The molecule has 0 radical (unpaired) electrons. The largest absolute Gasteiger partial charge is 0.316 e. The molecule has 0 spiro atoms. The molecule has 1 nitrogen and oxygen atoms in total. The van der Waals surface area contributed by atoms with Gasteiger partial charge < -0.3 is 5.32 Å². The zero-order valence-corrected chi connectivity index (χ0v) is 11.8. The summed E-state index contributed by atoms with van der Waals surface area (Å²) in [5.74, 6) is -0.776. The topological polar surface area (TPSA) is 12.0 Å². The molecule has 0 bridgehead atoms. The molecule has 3 heteroatoms. The first kappa shape index (κ1) is 14.4. The molecule has 1 fully saturated rings. The van der Waals surface area contributed by atoms with Gasteiger partial charge in [0.2, 0.25) is 0 Å². The Hall–Kier alpha value is -0.960. The van der Waals surface area contributed by atoms with Gasteiger partial charge in [0.15, 0.2) is 11.6 Å². The van der Waals surface area contributed by atoms with E-state index in [2.05, 4.69) is 19.2 Å². The van der Waals surface area contributed by atoms with Gasteiger partial charge in [0.05, 0.1) is 0 Å². The minimum absolute atomic E-state index is 0.0316. The second-order valence-corrected chi connectivity index (χ2v) is 5.99. The monoisotopic (exact) mass is 267 g/mol. The van der Waals surface area contributed by atoms with Gasteiger partial charge in [-0.1, -0.05) is 26.0 Å². The fraction of sp³-hybridized carbons (Fsp3) is 0.625. The van der Waals surface area contributed by atoms with Crippen molar-refractivity contribution in [1.82, 2.24) is 5.32 Å². The lowest BCUT2D eigenvalue weighted by Gasteiger charge is -2.30. The molecular weight excluding hydrogens is 244 g/mol. The summed E-state index contributed by atoms with van der Waals surface area (Å²) in [6, 6.07) is 4.49.